The van der Waals surface area contributed by atoms with Gasteiger partial charge in [0, 0.05) is 32.6 Å². The molecule has 19 heavy (non-hydrogen) atoms. The van der Waals surface area contributed by atoms with Crippen molar-refractivity contribution in [3.63, 3.8) is 0 Å². The first-order valence-corrected chi connectivity index (χ1v) is 9.56. The molecule has 0 spiro atoms. The van der Waals surface area contributed by atoms with Crippen LogP contribution in [0.3, 0.4) is 0 Å². The van der Waals surface area contributed by atoms with Gasteiger partial charge >= 0.3 is 0 Å². The average molecular weight is 604 g/mol. The summed E-state index contributed by atoms with van der Waals surface area (Å²) in [6.45, 7) is 4.62. The largest absolute Gasteiger partial charge is 0.0516 e. The average Bonchev–Trinajstić information content (AvgIpc) is 2.49. The van der Waals surface area contributed by atoms with Crippen molar-refractivity contribution in [1.29, 1.82) is 0 Å². The van der Waals surface area contributed by atoms with Crippen LogP contribution in [-0.2, 0) is 5.41 Å². The quantitative estimate of drug-likeness (QED) is 0.293. The second-order valence-electron chi connectivity index (χ2n) is 5.25. The molecule has 0 saturated carbocycles. The van der Waals surface area contributed by atoms with Gasteiger partial charge in [0.15, 0.2) is 0 Å². The SMILES string of the molecule is CC1(C)c2cc(I)cc(Br)c2-c2c(Br)cc(I)cc21. The third kappa shape index (κ3) is 2.25. The Balaban J connectivity index is 2.48. The van der Waals surface area contributed by atoms with Gasteiger partial charge in [-0.25, -0.2) is 0 Å². The van der Waals surface area contributed by atoms with Gasteiger partial charge in [0.1, 0.15) is 0 Å². The van der Waals surface area contributed by atoms with Gasteiger partial charge in [-0.2, -0.15) is 0 Å². The lowest BCUT2D eigenvalue weighted by Gasteiger charge is -2.22. The molecule has 0 radical (unpaired) electrons. The van der Waals surface area contributed by atoms with Crippen molar-refractivity contribution in [1.82, 2.24) is 0 Å². The predicted molar refractivity (Wildman–Crippen MR) is 105 cm³/mol. The van der Waals surface area contributed by atoms with E-state index in [0.717, 1.165) is 0 Å². The third-order valence-corrected chi connectivity index (χ3v) is 6.20. The number of hydrogen-bond acceptors (Lipinski definition) is 0. The molecule has 98 valence electrons. The molecule has 4 heteroatoms. The van der Waals surface area contributed by atoms with E-state index in [2.05, 4.69) is 115 Å². The van der Waals surface area contributed by atoms with E-state index in [4.69, 9.17) is 0 Å². The summed E-state index contributed by atoms with van der Waals surface area (Å²) in [6, 6.07) is 8.99. The zero-order valence-electron chi connectivity index (χ0n) is 10.3. The summed E-state index contributed by atoms with van der Waals surface area (Å²) in [4.78, 5) is 0. The minimum Gasteiger partial charge on any atom is -0.0516 e. The van der Waals surface area contributed by atoms with Gasteiger partial charge in [-0.1, -0.05) is 45.7 Å². The molecule has 0 saturated heterocycles. The fourth-order valence-electron chi connectivity index (χ4n) is 2.79. The summed E-state index contributed by atoms with van der Waals surface area (Å²) < 4.78 is 4.91. The highest BCUT2D eigenvalue weighted by Crippen LogP contribution is 2.54. The Morgan fingerprint density at radius 2 is 1.16 bits per heavy atom. The highest BCUT2D eigenvalue weighted by Gasteiger charge is 2.38. The molecule has 0 N–H and O–H groups in total. The van der Waals surface area contributed by atoms with Gasteiger partial charge < -0.3 is 0 Å². The molecule has 0 nitrogen and oxygen atoms in total. The van der Waals surface area contributed by atoms with Crippen molar-refractivity contribution in [2.24, 2.45) is 0 Å². The first-order valence-electron chi connectivity index (χ1n) is 5.82. The molecule has 0 unspecified atom stereocenters. The van der Waals surface area contributed by atoms with E-state index in [1.165, 1.54) is 38.3 Å². The number of fused-ring (bicyclic) bond motifs is 3. The molecule has 0 bridgehead atoms. The van der Waals surface area contributed by atoms with Crippen LogP contribution in [0.5, 0.6) is 0 Å². The van der Waals surface area contributed by atoms with Crippen molar-refractivity contribution in [3.05, 3.63) is 51.5 Å². The summed E-state index contributed by atoms with van der Waals surface area (Å²) in [5, 5.41) is 0. The monoisotopic (exact) mass is 602 g/mol. The summed E-state index contributed by atoms with van der Waals surface area (Å²) in [5.74, 6) is 0. The molecule has 0 fully saturated rings. The zero-order valence-corrected chi connectivity index (χ0v) is 17.8. The Hall–Kier alpha value is 0.860. The maximum absolute atomic E-state index is 3.74. The number of rotatable bonds is 0. The van der Waals surface area contributed by atoms with Crippen LogP contribution in [0.15, 0.2) is 33.2 Å². The normalized spacial score (nSPS) is 15.3. The summed E-state index contributed by atoms with van der Waals surface area (Å²) in [5.41, 5.74) is 5.54. The predicted octanol–water partition coefficient (Wildman–Crippen LogP) is 6.73. The highest BCUT2D eigenvalue weighted by molar-refractivity contribution is 14.1. The number of halogens is 4. The van der Waals surface area contributed by atoms with E-state index in [1.807, 2.05) is 0 Å². The lowest BCUT2D eigenvalue weighted by Crippen LogP contribution is -2.15. The summed E-state index contributed by atoms with van der Waals surface area (Å²) in [6.07, 6.45) is 0. The molecular weight excluding hydrogens is 594 g/mol. The Bertz CT molecular complexity index is 646. The molecule has 2 aromatic carbocycles. The van der Waals surface area contributed by atoms with Crippen molar-refractivity contribution in [2.75, 3.05) is 0 Å². The van der Waals surface area contributed by atoms with Crippen molar-refractivity contribution >= 4 is 77.0 Å². The fraction of sp³-hybridized carbons (Fsp3) is 0.200. The smallest absolute Gasteiger partial charge is 0.0267 e. The van der Waals surface area contributed by atoms with Crippen LogP contribution in [0.25, 0.3) is 11.1 Å². The Kier molecular flexibility index (Phi) is 3.85. The molecule has 1 aliphatic rings. The van der Waals surface area contributed by atoms with Crippen molar-refractivity contribution in [3.8, 4) is 11.1 Å². The molecule has 2 aromatic rings. The van der Waals surface area contributed by atoms with Crippen LogP contribution in [0, 0.1) is 7.14 Å². The van der Waals surface area contributed by atoms with E-state index in [1.54, 1.807) is 0 Å². The zero-order chi connectivity index (χ0) is 13.9. The lowest BCUT2D eigenvalue weighted by molar-refractivity contribution is 0.659. The first kappa shape index (κ1) is 14.8. The van der Waals surface area contributed by atoms with E-state index in [-0.39, 0.29) is 5.41 Å². The van der Waals surface area contributed by atoms with Gasteiger partial charge in [0.25, 0.3) is 0 Å². The minimum absolute atomic E-state index is 0.0536. The van der Waals surface area contributed by atoms with E-state index >= 15 is 0 Å². The van der Waals surface area contributed by atoms with Gasteiger partial charge in [-0.15, -0.1) is 0 Å². The molecule has 0 atom stereocenters. The van der Waals surface area contributed by atoms with Crippen LogP contribution in [0.4, 0.5) is 0 Å². The van der Waals surface area contributed by atoms with E-state index < -0.39 is 0 Å². The second kappa shape index (κ2) is 4.95. The third-order valence-electron chi connectivity index (χ3n) is 3.71. The maximum atomic E-state index is 3.74. The molecule has 0 aliphatic heterocycles. The first-order chi connectivity index (χ1) is 8.82. The Morgan fingerprint density at radius 1 is 0.789 bits per heavy atom. The molecule has 0 heterocycles. The Labute approximate surface area is 157 Å². The van der Waals surface area contributed by atoms with E-state index in [0.29, 0.717) is 0 Å². The van der Waals surface area contributed by atoms with Gasteiger partial charge in [0.05, 0.1) is 0 Å². The molecule has 0 amide bonds. The van der Waals surface area contributed by atoms with Crippen LogP contribution in [0.2, 0.25) is 0 Å². The van der Waals surface area contributed by atoms with Gasteiger partial charge in [-0.3, -0.25) is 0 Å². The molecular formula is C15H10Br2I2. The van der Waals surface area contributed by atoms with Crippen molar-refractivity contribution in [2.45, 2.75) is 19.3 Å². The summed E-state index contributed by atoms with van der Waals surface area (Å²) >= 11 is 12.3. The minimum atomic E-state index is 0.0536. The van der Waals surface area contributed by atoms with E-state index in [9.17, 15) is 0 Å². The molecule has 3 rings (SSSR count). The highest BCUT2D eigenvalue weighted by atomic mass is 127. The molecule has 1 aliphatic carbocycles. The number of hydrogen-bond donors (Lipinski definition) is 0. The van der Waals surface area contributed by atoms with Crippen LogP contribution in [0.1, 0.15) is 25.0 Å². The number of benzene rings is 2. The van der Waals surface area contributed by atoms with Crippen LogP contribution >= 0.6 is 77.0 Å². The van der Waals surface area contributed by atoms with Crippen LogP contribution < -0.4 is 0 Å². The van der Waals surface area contributed by atoms with Gasteiger partial charge in [0.2, 0.25) is 0 Å². The maximum Gasteiger partial charge on any atom is 0.0267 e. The van der Waals surface area contributed by atoms with Crippen molar-refractivity contribution < 1.29 is 0 Å². The topological polar surface area (TPSA) is 0 Å². The Morgan fingerprint density at radius 3 is 1.53 bits per heavy atom. The van der Waals surface area contributed by atoms with Crippen LogP contribution in [-0.4, -0.2) is 0 Å². The fourth-order valence-corrected chi connectivity index (χ4v) is 6.20. The summed E-state index contributed by atoms with van der Waals surface area (Å²) in [7, 11) is 0. The molecule has 0 aromatic heterocycles. The van der Waals surface area contributed by atoms with Gasteiger partial charge in [-0.05, 0) is 80.6 Å². The lowest BCUT2D eigenvalue weighted by atomic mass is 9.82. The standard InChI is InChI=1S/C15H10Br2I2/c1-15(2)9-3-7(18)5-11(16)13(9)14-10(15)4-8(19)6-12(14)17/h3-6H,1-2H3. The second-order valence-corrected chi connectivity index (χ2v) is 9.45.